The molecule has 13 heavy (non-hydrogen) atoms. The molecule has 0 amide bonds. The van der Waals surface area contributed by atoms with Gasteiger partial charge >= 0.3 is 0 Å². The quantitative estimate of drug-likeness (QED) is 0.652. The van der Waals surface area contributed by atoms with Crippen molar-refractivity contribution in [2.75, 3.05) is 6.54 Å². The molecule has 68 valence electrons. The summed E-state index contributed by atoms with van der Waals surface area (Å²) in [5, 5.41) is 7.03. The van der Waals surface area contributed by atoms with Crippen LogP contribution in [0.2, 0.25) is 0 Å². The lowest BCUT2D eigenvalue weighted by Crippen LogP contribution is -2.44. The van der Waals surface area contributed by atoms with Gasteiger partial charge in [0.2, 0.25) is 0 Å². The van der Waals surface area contributed by atoms with E-state index in [0.717, 1.165) is 18.1 Å². The van der Waals surface area contributed by atoms with Crippen LogP contribution in [0.5, 0.6) is 0 Å². The molecule has 1 atom stereocenters. The Kier molecular flexibility index (Phi) is 2.40. The normalized spacial score (nSPS) is 21.8. The van der Waals surface area contributed by atoms with Gasteiger partial charge in [-0.3, -0.25) is 4.98 Å². The van der Waals surface area contributed by atoms with Gasteiger partial charge in [0.15, 0.2) is 5.11 Å². The summed E-state index contributed by atoms with van der Waals surface area (Å²) in [7, 11) is 0. The molecule has 1 saturated heterocycles. The molecule has 0 bridgehead atoms. The summed E-state index contributed by atoms with van der Waals surface area (Å²) in [4.78, 5) is 4.08. The zero-order chi connectivity index (χ0) is 9.10. The highest BCUT2D eigenvalue weighted by atomic mass is 32.1. The maximum atomic E-state index is 5.04. The first-order valence-corrected chi connectivity index (χ1v) is 4.71. The predicted molar refractivity (Wildman–Crippen MR) is 55.3 cm³/mol. The Balaban J connectivity index is 2.13. The highest BCUT2D eigenvalue weighted by Crippen LogP contribution is 2.16. The van der Waals surface area contributed by atoms with Crippen LogP contribution in [0.3, 0.4) is 0 Å². The molecule has 4 heteroatoms. The lowest BCUT2D eigenvalue weighted by molar-refractivity contribution is 0.536. The Labute approximate surface area is 82.6 Å². The van der Waals surface area contributed by atoms with Crippen molar-refractivity contribution in [3.63, 3.8) is 0 Å². The van der Waals surface area contributed by atoms with Crippen LogP contribution in [0.15, 0.2) is 24.5 Å². The third-order valence-electron chi connectivity index (χ3n) is 2.11. The molecule has 3 nitrogen and oxygen atoms in total. The minimum absolute atomic E-state index is 0.322. The fourth-order valence-corrected chi connectivity index (χ4v) is 1.69. The maximum absolute atomic E-state index is 5.04. The van der Waals surface area contributed by atoms with Crippen LogP contribution in [0.1, 0.15) is 18.0 Å². The molecule has 1 aromatic heterocycles. The number of nitrogens with zero attached hydrogens (tertiary/aromatic N) is 1. The molecule has 2 heterocycles. The third kappa shape index (κ3) is 1.95. The molecule has 0 aliphatic carbocycles. The van der Waals surface area contributed by atoms with Crippen molar-refractivity contribution < 1.29 is 0 Å². The fourth-order valence-electron chi connectivity index (χ4n) is 1.44. The van der Waals surface area contributed by atoms with E-state index in [-0.39, 0.29) is 0 Å². The van der Waals surface area contributed by atoms with Crippen molar-refractivity contribution in [1.82, 2.24) is 15.6 Å². The van der Waals surface area contributed by atoms with Gasteiger partial charge in [0, 0.05) is 18.9 Å². The zero-order valence-electron chi connectivity index (χ0n) is 7.16. The van der Waals surface area contributed by atoms with Crippen LogP contribution in [0.25, 0.3) is 0 Å². The standard InChI is InChI=1S/C9H11N3S/c13-9-11-5-3-8(12-9)7-2-1-4-10-6-7/h1-2,4,6,8H,3,5H2,(H2,11,12,13). The van der Waals surface area contributed by atoms with Gasteiger partial charge in [-0.1, -0.05) is 6.07 Å². The summed E-state index contributed by atoms with van der Waals surface area (Å²) >= 11 is 5.04. The predicted octanol–water partition coefficient (Wildman–Crippen LogP) is 0.990. The summed E-state index contributed by atoms with van der Waals surface area (Å²) in [5.41, 5.74) is 1.20. The molecule has 1 aromatic rings. The van der Waals surface area contributed by atoms with E-state index in [4.69, 9.17) is 12.2 Å². The zero-order valence-corrected chi connectivity index (χ0v) is 7.97. The average Bonchev–Trinajstić information content (AvgIpc) is 2.19. The van der Waals surface area contributed by atoms with Gasteiger partial charge < -0.3 is 10.6 Å². The van der Waals surface area contributed by atoms with Crippen molar-refractivity contribution in [3.05, 3.63) is 30.1 Å². The summed E-state index contributed by atoms with van der Waals surface area (Å²) in [6.07, 6.45) is 4.71. The molecule has 2 N–H and O–H groups in total. The van der Waals surface area contributed by atoms with E-state index < -0.39 is 0 Å². The number of hydrogen-bond donors (Lipinski definition) is 2. The van der Waals surface area contributed by atoms with Crippen LogP contribution >= 0.6 is 12.2 Å². The third-order valence-corrected chi connectivity index (χ3v) is 2.37. The molecule has 0 radical (unpaired) electrons. The van der Waals surface area contributed by atoms with Crippen LogP contribution in [-0.4, -0.2) is 16.6 Å². The molecule has 1 unspecified atom stereocenters. The van der Waals surface area contributed by atoms with Crippen LogP contribution in [0.4, 0.5) is 0 Å². The number of rotatable bonds is 1. The molecule has 1 aliphatic heterocycles. The Morgan fingerprint density at radius 3 is 3.15 bits per heavy atom. The largest absolute Gasteiger partial charge is 0.363 e. The SMILES string of the molecule is S=C1NCCC(c2cccnc2)N1. The minimum Gasteiger partial charge on any atom is -0.363 e. The van der Waals surface area contributed by atoms with E-state index in [1.54, 1.807) is 6.20 Å². The molecule has 0 saturated carbocycles. The molecule has 0 aromatic carbocycles. The lowest BCUT2D eigenvalue weighted by atomic mass is 10.1. The van der Waals surface area contributed by atoms with E-state index >= 15 is 0 Å². The van der Waals surface area contributed by atoms with Crippen molar-refractivity contribution in [1.29, 1.82) is 0 Å². The number of hydrogen-bond acceptors (Lipinski definition) is 2. The summed E-state index contributed by atoms with van der Waals surface area (Å²) in [6.45, 7) is 0.936. The second-order valence-corrected chi connectivity index (χ2v) is 3.44. The van der Waals surface area contributed by atoms with E-state index in [1.807, 2.05) is 12.3 Å². The van der Waals surface area contributed by atoms with Gasteiger partial charge in [-0.2, -0.15) is 0 Å². The fraction of sp³-hybridized carbons (Fsp3) is 0.333. The molecule has 2 rings (SSSR count). The summed E-state index contributed by atoms with van der Waals surface area (Å²) in [6, 6.07) is 4.34. The second kappa shape index (κ2) is 3.70. The Bertz CT molecular complexity index is 299. The Hall–Kier alpha value is -1.16. The topological polar surface area (TPSA) is 37.0 Å². The van der Waals surface area contributed by atoms with E-state index in [2.05, 4.69) is 21.7 Å². The highest BCUT2D eigenvalue weighted by molar-refractivity contribution is 7.80. The van der Waals surface area contributed by atoms with Gasteiger partial charge in [0.1, 0.15) is 0 Å². The molecule has 1 fully saturated rings. The van der Waals surface area contributed by atoms with Gasteiger partial charge in [-0.05, 0) is 30.3 Å². The maximum Gasteiger partial charge on any atom is 0.166 e. The highest BCUT2D eigenvalue weighted by Gasteiger charge is 2.16. The average molecular weight is 193 g/mol. The smallest absolute Gasteiger partial charge is 0.166 e. The monoisotopic (exact) mass is 193 g/mol. The Morgan fingerprint density at radius 1 is 1.54 bits per heavy atom. The van der Waals surface area contributed by atoms with Gasteiger partial charge in [-0.25, -0.2) is 0 Å². The summed E-state index contributed by atoms with van der Waals surface area (Å²) in [5.74, 6) is 0. The number of nitrogens with one attached hydrogen (secondary N) is 2. The summed E-state index contributed by atoms with van der Waals surface area (Å²) < 4.78 is 0. The van der Waals surface area contributed by atoms with Crippen molar-refractivity contribution in [2.45, 2.75) is 12.5 Å². The first kappa shape index (κ1) is 8.44. The van der Waals surface area contributed by atoms with E-state index in [9.17, 15) is 0 Å². The minimum atomic E-state index is 0.322. The first-order chi connectivity index (χ1) is 6.36. The number of pyridine rings is 1. The number of aromatic nitrogens is 1. The van der Waals surface area contributed by atoms with Crippen molar-refractivity contribution in [3.8, 4) is 0 Å². The van der Waals surface area contributed by atoms with Crippen LogP contribution in [0, 0.1) is 0 Å². The Morgan fingerprint density at radius 2 is 2.46 bits per heavy atom. The number of thiocarbonyl (C=S) groups is 1. The van der Waals surface area contributed by atoms with E-state index in [1.165, 1.54) is 5.56 Å². The molecule has 1 aliphatic rings. The lowest BCUT2D eigenvalue weighted by Gasteiger charge is -2.26. The molecular weight excluding hydrogens is 182 g/mol. The van der Waals surface area contributed by atoms with E-state index in [0.29, 0.717) is 6.04 Å². The van der Waals surface area contributed by atoms with Crippen LogP contribution < -0.4 is 10.6 Å². The van der Waals surface area contributed by atoms with Crippen molar-refractivity contribution >= 4 is 17.3 Å². The molecular formula is C9H11N3S. The van der Waals surface area contributed by atoms with Gasteiger partial charge in [0.05, 0.1) is 6.04 Å². The van der Waals surface area contributed by atoms with Crippen LogP contribution in [-0.2, 0) is 0 Å². The van der Waals surface area contributed by atoms with Crippen molar-refractivity contribution in [2.24, 2.45) is 0 Å². The molecule has 0 spiro atoms. The first-order valence-electron chi connectivity index (χ1n) is 4.30. The van der Waals surface area contributed by atoms with Gasteiger partial charge in [-0.15, -0.1) is 0 Å². The second-order valence-electron chi connectivity index (χ2n) is 3.03. The van der Waals surface area contributed by atoms with Gasteiger partial charge in [0.25, 0.3) is 0 Å².